The Balaban J connectivity index is 2.00. The van der Waals surface area contributed by atoms with Gasteiger partial charge in [0.2, 0.25) is 0 Å². The van der Waals surface area contributed by atoms with Gasteiger partial charge in [-0.3, -0.25) is 0 Å². The van der Waals surface area contributed by atoms with Crippen molar-refractivity contribution in [1.29, 1.82) is 0 Å². The van der Waals surface area contributed by atoms with Gasteiger partial charge < -0.3 is 5.32 Å². The molecule has 0 aliphatic carbocycles. The van der Waals surface area contributed by atoms with Gasteiger partial charge in [-0.05, 0) is 51.1 Å². The Morgan fingerprint density at radius 3 is 2.90 bits per heavy atom. The third kappa shape index (κ3) is 4.53. The van der Waals surface area contributed by atoms with Gasteiger partial charge in [0.1, 0.15) is 0 Å². The quantitative estimate of drug-likeness (QED) is 0.782. The first-order chi connectivity index (χ1) is 9.50. The molecule has 0 aromatic carbocycles. The summed E-state index contributed by atoms with van der Waals surface area (Å²) < 4.78 is 23.4. The molecule has 0 bridgehead atoms. The summed E-state index contributed by atoms with van der Waals surface area (Å²) in [6, 6.07) is 0. The maximum absolute atomic E-state index is 11.7. The molecule has 114 valence electrons. The minimum absolute atomic E-state index is 0.298. The Morgan fingerprint density at radius 2 is 2.35 bits per heavy atom. The van der Waals surface area contributed by atoms with Gasteiger partial charge in [-0.15, -0.1) is 11.3 Å². The fourth-order valence-electron chi connectivity index (χ4n) is 2.82. The summed E-state index contributed by atoms with van der Waals surface area (Å²) in [6.45, 7) is 6.07. The highest BCUT2D eigenvalue weighted by atomic mass is 32.2. The monoisotopic (exact) mass is 316 g/mol. The predicted molar refractivity (Wildman–Crippen MR) is 84.0 cm³/mol. The van der Waals surface area contributed by atoms with Crippen molar-refractivity contribution >= 4 is 21.2 Å². The van der Waals surface area contributed by atoms with E-state index in [-0.39, 0.29) is 0 Å². The minimum Gasteiger partial charge on any atom is -0.316 e. The summed E-state index contributed by atoms with van der Waals surface area (Å²) in [4.78, 5) is 5.57. The lowest BCUT2D eigenvalue weighted by molar-refractivity contribution is 0.345. The van der Waals surface area contributed by atoms with Crippen molar-refractivity contribution in [2.24, 2.45) is 11.8 Å². The average molecular weight is 316 g/mol. The van der Waals surface area contributed by atoms with Crippen LogP contribution in [-0.4, -0.2) is 38.0 Å². The molecular formula is C14H24N2O2S2. The maximum atomic E-state index is 11.7. The van der Waals surface area contributed by atoms with Gasteiger partial charge in [-0.2, -0.15) is 0 Å². The number of nitrogens with zero attached hydrogens (tertiary/aromatic N) is 1. The Kier molecular flexibility index (Phi) is 5.57. The molecule has 20 heavy (non-hydrogen) atoms. The van der Waals surface area contributed by atoms with Crippen LogP contribution in [-0.2, 0) is 16.3 Å². The van der Waals surface area contributed by atoms with E-state index in [0.29, 0.717) is 23.3 Å². The average Bonchev–Trinajstić information content (AvgIpc) is 2.94. The van der Waals surface area contributed by atoms with Crippen LogP contribution in [0.4, 0.5) is 0 Å². The van der Waals surface area contributed by atoms with Gasteiger partial charge in [0.15, 0.2) is 9.84 Å². The van der Waals surface area contributed by atoms with Gasteiger partial charge in [0.05, 0.1) is 16.5 Å². The number of nitrogens with one attached hydrogen (secondary N) is 1. The van der Waals surface area contributed by atoms with E-state index < -0.39 is 9.84 Å². The molecule has 2 heterocycles. The van der Waals surface area contributed by atoms with E-state index in [4.69, 9.17) is 0 Å². The Morgan fingerprint density at radius 1 is 1.55 bits per heavy atom. The first-order valence-corrected chi connectivity index (χ1v) is 9.96. The zero-order valence-electron chi connectivity index (χ0n) is 12.3. The van der Waals surface area contributed by atoms with Crippen molar-refractivity contribution in [2.45, 2.75) is 33.1 Å². The van der Waals surface area contributed by atoms with Crippen LogP contribution in [0.5, 0.6) is 0 Å². The summed E-state index contributed by atoms with van der Waals surface area (Å²) >= 11 is 1.73. The molecule has 0 radical (unpaired) electrons. The Hall–Kier alpha value is -0.460. The van der Waals surface area contributed by atoms with Crippen LogP contribution >= 0.6 is 11.3 Å². The number of aryl methyl sites for hydroxylation is 1. The third-order valence-corrected chi connectivity index (χ3v) is 6.63. The van der Waals surface area contributed by atoms with Crippen LogP contribution in [0.1, 0.15) is 29.7 Å². The number of thiazole rings is 1. The summed E-state index contributed by atoms with van der Waals surface area (Å²) in [7, 11) is -2.80. The zero-order chi connectivity index (χ0) is 14.6. The standard InChI is InChI=1S/C14H24N2O2S2/c1-3-5-15-8-13(7-14-9-16-11(2)19-14)12-4-6-20(17,18)10-12/h9,12-13,15H,3-8,10H2,1-2H3. The van der Waals surface area contributed by atoms with Crippen LogP contribution < -0.4 is 5.32 Å². The van der Waals surface area contributed by atoms with E-state index in [1.54, 1.807) is 11.3 Å². The first kappa shape index (κ1) is 15.9. The SMILES string of the molecule is CCCNCC(Cc1cnc(C)s1)C1CCS(=O)(=O)C1. The Bertz CT molecular complexity index is 525. The molecule has 0 spiro atoms. The fourth-order valence-corrected chi connectivity index (χ4v) is 5.63. The summed E-state index contributed by atoms with van der Waals surface area (Å²) in [5, 5.41) is 4.54. The topological polar surface area (TPSA) is 59.1 Å². The van der Waals surface area contributed by atoms with Gasteiger partial charge >= 0.3 is 0 Å². The van der Waals surface area contributed by atoms with Gasteiger partial charge in [0, 0.05) is 11.1 Å². The van der Waals surface area contributed by atoms with Crippen LogP contribution in [0.2, 0.25) is 0 Å². The molecule has 1 aliphatic rings. The van der Waals surface area contributed by atoms with E-state index in [1.807, 2.05) is 13.1 Å². The molecule has 1 aromatic rings. The van der Waals surface area contributed by atoms with Crippen LogP contribution in [0.3, 0.4) is 0 Å². The highest BCUT2D eigenvalue weighted by molar-refractivity contribution is 7.91. The molecule has 1 saturated heterocycles. The second-order valence-electron chi connectivity index (χ2n) is 5.68. The molecule has 0 saturated carbocycles. The second-order valence-corrected chi connectivity index (χ2v) is 9.23. The van der Waals surface area contributed by atoms with Crippen LogP contribution in [0.15, 0.2) is 6.20 Å². The van der Waals surface area contributed by atoms with E-state index in [2.05, 4.69) is 17.2 Å². The summed E-state index contributed by atoms with van der Waals surface area (Å²) in [5.41, 5.74) is 0. The lowest BCUT2D eigenvalue weighted by Gasteiger charge is -2.22. The molecule has 1 aliphatic heterocycles. The fraction of sp³-hybridized carbons (Fsp3) is 0.786. The summed E-state index contributed by atoms with van der Waals surface area (Å²) in [5.74, 6) is 1.43. The molecule has 4 nitrogen and oxygen atoms in total. The van der Waals surface area contributed by atoms with E-state index in [9.17, 15) is 8.42 Å². The number of rotatable bonds is 7. The highest BCUT2D eigenvalue weighted by Crippen LogP contribution is 2.29. The molecule has 0 amide bonds. The highest BCUT2D eigenvalue weighted by Gasteiger charge is 2.33. The lowest BCUT2D eigenvalue weighted by atomic mass is 9.88. The second kappa shape index (κ2) is 7.00. The van der Waals surface area contributed by atoms with Gasteiger partial charge in [-0.1, -0.05) is 6.92 Å². The number of aromatic nitrogens is 1. The molecule has 2 rings (SSSR count). The van der Waals surface area contributed by atoms with Crippen molar-refractivity contribution in [2.75, 3.05) is 24.6 Å². The van der Waals surface area contributed by atoms with Crippen molar-refractivity contribution in [3.8, 4) is 0 Å². The van der Waals surface area contributed by atoms with Crippen molar-refractivity contribution in [3.63, 3.8) is 0 Å². The molecule has 2 unspecified atom stereocenters. The van der Waals surface area contributed by atoms with Crippen LogP contribution in [0, 0.1) is 18.8 Å². The normalized spacial score (nSPS) is 23.0. The molecule has 1 aromatic heterocycles. The zero-order valence-corrected chi connectivity index (χ0v) is 13.9. The summed E-state index contributed by atoms with van der Waals surface area (Å²) in [6.07, 6.45) is 4.81. The maximum Gasteiger partial charge on any atom is 0.150 e. The third-order valence-electron chi connectivity index (χ3n) is 3.90. The molecule has 1 N–H and O–H groups in total. The molecular weight excluding hydrogens is 292 g/mol. The number of hydrogen-bond acceptors (Lipinski definition) is 5. The first-order valence-electron chi connectivity index (χ1n) is 7.32. The largest absolute Gasteiger partial charge is 0.316 e. The number of sulfone groups is 1. The van der Waals surface area contributed by atoms with E-state index >= 15 is 0 Å². The minimum atomic E-state index is -2.80. The Labute approximate surface area is 125 Å². The lowest BCUT2D eigenvalue weighted by Crippen LogP contribution is -2.31. The van der Waals surface area contributed by atoms with Gasteiger partial charge in [0.25, 0.3) is 0 Å². The van der Waals surface area contributed by atoms with Crippen molar-refractivity contribution < 1.29 is 8.42 Å². The smallest absolute Gasteiger partial charge is 0.150 e. The van der Waals surface area contributed by atoms with Gasteiger partial charge in [-0.25, -0.2) is 13.4 Å². The van der Waals surface area contributed by atoms with Crippen molar-refractivity contribution in [1.82, 2.24) is 10.3 Å². The molecule has 1 fully saturated rings. The number of hydrogen-bond donors (Lipinski definition) is 1. The molecule has 6 heteroatoms. The van der Waals surface area contributed by atoms with Crippen molar-refractivity contribution in [3.05, 3.63) is 16.1 Å². The predicted octanol–water partition coefficient (Wildman–Crippen LogP) is 2.04. The molecule has 2 atom stereocenters. The van der Waals surface area contributed by atoms with Crippen LogP contribution in [0.25, 0.3) is 0 Å². The van der Waals surface area contributed by atoms with E-state index in [1.165, 1.54) is 4.88 Å². The van der Waals surface area contributed by atoms with E-state index in [0.717, 1.165) is 37.4 Å².